The zero-order valence-electron chi connectivity index (χ0n) is 25.8. The molecule has 0 bridgehead atoms. The molecule has 39 heavy (non-hydrogen) atoms. The second-order valence-electron chi connectivity index (χ2n) is 14.0. The standard InChI is InChI=1S/C34H53NO4/c1-24(11-9-15-34(7,8)38)14-19-35(18-10-20-36)31(37)30-13-12-27(39-30)22-26-23-29-28(21-25(26)2)32(3,4)16-17-33(29,5)6/h12-13,21,23-24,36,38H,9-11,14-20,22H2,1-8H3. The van der Waals surface area contributed by atoms with Crippen LogP contribution in [0.25, 0.3) is 0 Å². The SMILES string of the molecule is Cc1cc2c(cc1Cc1ccc(C(=O)N(CCCO)CCC(C)CCCC(C)(C)O)o1)C(C)(C)CCC2(C)C. The highest BCUT2D eigenvalue weighted by atomic mass is 16.4. The number of carbonyl (C=O) groups excluding carboxylic acids is 1. The first-order chi connectivity index (χ1) is 18.1. The fourth-order valence-corrected chi connectivity index (χ4v) is 5.87. The second kappa shape index (κ2) is 12.6. The van der Waals surface area contributed by atoms with Crippen LogP contribution in [-0.4, -0.2) is 46.3 Å². The highest BCUT2D eigenvalue weighted by Gasteiger charge is 2.37. The molecule has 1 aliphatic rings. The lowest BCUT2D eigenvalue weighted by Gasteiger charge is -2.42. The van der Waals surface area contributed by atoms with Crippen molar-refractivity contribution in [3.8, 4) is 0 Å². The van der Waals surface area contributed by atoms with Crippen LogP contribution in [0.15, 0.2) is 28.7 Å². The second-order valence-corrected chi connectivity index (χ2v) is 14.0. The summed E-state index contributed by atoms with van der Waals surface area (Å²) < 4.78 is 6.13. The van der Waals surface area contributed by atoms with Crippen molar-refractivity contribution in [2.24, 2.45) is 5.92 Å². The number of carbonyl (C=O) groups is 1. The number of nitrogens with zero attached hydrogens (tertiary/aromatic N) is 1. The topological polar surface area (TPSA) is 73.9 Å². The average Bonchev–Trinajstić information content (AvgIpc) is 3.30. The van der Waals surface area contributed by atoms with Gasteiger partial charge >= 0.3 is 0 Å². The van der Waals surface area contributed by atoms with Crippen LogP contribution < -0.4 is 0 Å². The molecule has 2 aromatic rings. The fraction of sp³-hybridized carbons (Fsp3) is 0.676. The van der Waals surface area contributed by atoms with Gasteiger partial charge in [0.2, 0.25) is 0 Å². The molecule has 0 aliphatic heterocycles. The van der Waals surface area contributed by atoms with Crippen LogP contribution in [0.3, 0.4) is 0 Å². The van der Waals surface area contributed by atoms with Gasteiger partial charge in [0.25, 0.3) is 5.91 Å². The number of amides is 1. The Balaban J connectivity index is 1.70. The van der Waals surface area contributed by atoms with E-state index in [-0.39, 0.29) is 23.3 Å². The molecule has 2 N–H and O–H groups in total. The van der Waals surface area contributed by atoms with Crippen LogP contribution >= 0.6 is 0 Å². The highest BCUT2D eigenvalue weighted by molar-refractivity contribution is 5.91. The number of aryl methyl sites for hydroxylation is 1. The van der Waals surface area contributed by atoms with Crippen LogP contribution in [0, 0.1) is 12.8 Å². The molecule has 1 atom stereocenters. The first-order valence-electron chi connectivity index (χ1n) is 15.0. The summed E-state index contributed by atoms with van der Waals surface area (Å²) in [6.07, 6.45) is 7.23. The van der Waals surface area contributed by atoms with Crippen LogP contribution in [0.2, 0.25) is 0 Å². The maximum Gasteiger partial charge on any atom is 0.289 e. The maximum absolute atomic E-state index is 13.4. The van der Waals surface area contributed by atoms with E-state index < -0.39 is 5.60 Å². The molecule has 218 valence electrons. The van der Waals surface area contributed by atoms with Crippen molar-refractivity contribution >= 4 is 5.91 Å². The summed E-state index contributed by atoms with van der Waals surface area (Å²) in [6, 6.07) is 8.49. The van der Waals surface area contributed by atoms with Gasteiger partial charge in [-0.3, -0.25) is 4.79 Å². The number of fused-ring (bicyclic) bond motifs is 1. The van der Waals surface area contributed by atoms with E-state index in [1.807, 2.05) is 24.8 Å². The summed E-state index contributed by atoms with van der Waals surface area (Å²) in [5.74, 6) is 1.51. The summed E-state index contributed by atoms with van der Waals surface area (Å²) in [5.41, 5.74) is 5.12. The van der Waals surface area contributed by atoms with Gasteiger partial charge in [-0.25, -0.2) is 0 Å². The normalized spacial score (nSPS) is 17.1. The van der Waals surface area contributed by atoms with Crippen molar-refractivity contribution in [1.82, 2.24) is 4.90 Å². The van der Waals surface area contributed by atoms with Gasteiger partial charge in [-0.1, -0.05) is 59.6 Å². The third-order valence-corrected chi connectivity index (χ3v) is 8.80. The Morgan fingerprint density at radius 1 is 1.03 bits per heavy atom. The van der Waals surface area contributed by atoms with Crippen LogP contribution in [0.1, 0.15) is 132 Å². The minimum absolute atomic E-state index is 0.0546. The maximum atomic E-state index is 13.4. The van der Waals surface area contributed by atoms with Crippen molar-refractivity contribution in [2.45, 2.75) is 123 Å². The van der Waals surface area contributed by atoms with E-state index in [1.54, 1.807) is 6.07 Å². The van der Waals surface area contributed by atoms with Gasteiger partial charge in [-0.2, -0.15) is 0 Å². The quantitative estimate of drug-likeness (QED) is 0.280. The monoisotopic (exact) mass is 539 g/mol. The lowest BCUT2D eigenvalue weighted by Crippen LogP contribution is -2.34. The van der Waals surface area contributed by atoms with E-state index in [1.165, 1.54) is 35.1 Å². The van der Waals surface area contributed by atoms with Crippen LogP contribution in [-0.2, 0) is 17.3 Å². The molecule has 1 unspecified atom stereocenters. The third kappa shape index (κ3) is 8.44. The van der Waals surface area contributed by atoms with E-state index in [4.69, 9.17) is 4.42 Å². The first-order valence-corrected chi connectivity index (χ1v) is 15.0. The number of furan rings is 1. The molecule has 5 nitrogen and oxygen atoms in total. The zero-order chi connectivity index (χ0) is 29.0. The summed E-state index contributed by atoms with van der Waals surface area (Å²) in [5, 5.41) is 19.4. The number of hydrogen-bond acceptors (Lipinski definition) is 4. The molecule has 1 aromatic carbocycles. The lowest BCUT2D eigenvalue weighted by molar-refractivity contribution is 0.0660. The van der Waals surface area contributed by atoms with Crippen LogP contribution in [0.5, 0.6) is 0 Å². The van der Waals surface area contributed by atoms with E-state index in [0.29, 0.717) is 37.6 Å². The Morgan fingerprint density at radius 2 is 1.67 bits per heavy atom. The molecule has 0 spiro atoms. The fourth-order valence-electron chi connectivity index (χ4n) is 5.87. The van der Waals surface area contributed by atoms with Crippen LogP contribution in [0.4, 0.5) is 0 Å². The predicted molar refractivity (Wildman–Crippen MR) is 160 cm³/mol. The van der Waals surface area contributed by atoms with Crippen molar-refractivity contribution in [3.05, 3.63) is 58.0 Å². The molecule has 1 amide bonds. The largest absolute Gasteiger partial charge is 0.456 e. The van der Waals surface area contributed by atoms with E-state index in [0.717, 1.165) is 31.4 Å². The summed E-state index contributed by atoms with van der Waals surface area (Å²) in [4.78, 5) is 15.2. The summed E-state index contributed by atoms with van der Waals surface area (Å²) >= 11 is 0. The molecule has 5 heteroatoms. The minimum Gasteiger partial charge on any atom is -0.456 e. The Labute approximate surface area is 237 Å². The van der Waals surface area contributed by atoms with Gasteiger partial charge in [0.15, 0.2) is 5.76 Å². The zero-order valence-corrected chi connectivity index (χ0v) is 25.8. The molecule has 0 saturated carbocycles. The van der Waals surface area contributed by atoms with Crippen molar-refractivity contribution in [2.75, 3.05) is 19.7 Å². The molecule has 0 saturated heterocycles. The van der Waals surface area contributed by atoms with Crippen molar-refractivity contribution in [3.63, 3.8) is 0 Å². The Hall–Kier alpha value is -2.11. The number of aliphatic hydroxyl groups excluding tert-OH is 1. The van der Waals surface area contributed by atoms with Gasteiger partial charge in [0.1, 0.15) is 5.76 Å². The molecule has 3 rings (SSSR count). The number of hydrogen-bond donors (Lipinski definition) is 2. The number of aliphatic hydroxyl groups is 2. The lowest BCUT2D eigenvalue weighted by atomic mass is 9.62. The van der Waals surface area contributed by atoms with E-state index in [2.05, 4.69) is 53.7 Å². The first kappa shape index (κ1) is 31.4. The smallest absolute Gasteiger partial charge is 0.289 e. The van der Waals surface area contributed by atoms with E-state index >= 15 is 0 Å². The Morgan fingerprint density at radius 3 is 2.28 bits per heavy atom. The molecular formula is C34H53NO4. The molecule has 0 fully saturated rings. The average molecular weight is 540 g/mol. The number of rotatable bonds is 13. The molecule has 1 aromatic heterocycles. The summed E-state index contributed by atoms with van der Waals surface area (Å²) in [6.45, 7) is 18.7. The van der Waals surface area contributed by atoms with Gasteiger partial charge < -0.3 is 19.5 Å². The summed E-state index contributed by atoms with van der Waals surface area (Å²) in [7, 11) is 0. The molecule has 0 radical (unpaired) electrons. The minimum atomic E-state index is -0.635. The third-order valence-electron chi connectivity index (χ3n) is 8.80. The highest BCUT2D eigenvalue weighted by Crippen LogP contribution is 2.46. The van der Waals surface area contributed by atoms with Crippen molar-refractivity contribution < 1.29 is 19.4 Å². The number of benzene rings is 1. The van der Waals surface area contributed by atoms with Gasteiger partial charge in [0.05, 0.1) is 5.60 Å². The van der Waals surface area contributed by atoms with E-state index in [9.17, 15) is 15.0 Å². The molecule has 1 aliphatic carbocycles. The molecule has 1 heterocycles. The van der Waals surface area contributed by atoms with Gasteiger partial charge in [0, 0.05) is 26.1 Å². The van der Waals surface area contributed by atoms with Gasteiger partial charge in [-0.15, -0.1) is 0 Å². The van der Waals surface area contributed by atoms with Gasteiger partial charge in [-0.05, 0) is 104 Å². The Bertz CT molecular complexity index is 1100. The molecular weight excluding hydrogens is 486 g/mol. The van der Waals surface area contributed by atoms with Crippen molar-refractivity contribution in [1.29, 1.82) is 0 Å². The Kier molecular flexibility index (Phi) is 10.1. The predicted octanol–water partition coefficient (Wildman–Crippen LogP) is 7.32.